The highest BCUT2D eigenvalue weighted by Crippen LogP contribution is 2.15. The van der Waals surface area contributed by atoms with Gasteiger partial charge in [-0.1, -0.05) is 24.6 Å². The first-order chi connectivity index (χ1) is 16.0. The molecule has 0 aliphatic heterocycles. The van der Waals surface area contributed by atoms with Crippen molar-refractivity contribution in [2.24, 2.45) is 5.73 Å². The molecular formula is C21H35N5O7S. The summed E-state index contributed by atoms with van der Waals surface area (Å²) in [6.45, 7) is 3.25. The average molecular weight is 502 g/mol. The zero-order valence-electron chi connectivity index (χ0n) is 19.9. The summed E-state index contributed by atoms with van der Waals surface area (Å²) in [6, 6.07) is 5.18. The van der Waals surface area contributed by atoms with Crippen LogP contribution in [0.1, 0.15) is 38.2 Å². The second kappa shape index (κ2) is 14.0. The topological polar surface area (TPSA) is 184 Å². The van der Waals surface area contributed by atoms with E-state index < -0.39 is 40.4 Å². The van der Waals surface area contributed by atoms with Gasteiger partial charge < -0.3 is 30.5 Å². The van der Waals surface area contributed by atoms with Gasteiger partial charge in [0.25, 0.3) is 0 Å². The molecule has 12 nitrogen and oxygen atoms in total. The third-order valence-corrected chi connectivity index (χ3v) is 6.52. The molecule has 2 atom stereocenters. The number of rotatable bonds is 15. The maximum Gasteiger partial charge on any atom is 0.326 e. The van der Waals surface area contributed by atoms with Crippen LogP contribution in [0.5, 0.6) is 0 Å². The molecular weight excluding hydrogens is 466 g/mol. The molecule has 0 saturated carbocycles. The third-order valence-electron chi connectivity index (χ3n) is 5.11. The molecule has 6 N–H and O–H groups in total. The lowest BCUT2D eigenvalue weighted by molar-refractivity contribution is -0.160. The van der Waals surface area contributed by atoms with Crippen molar-refractivity contribution >= 4 is 27.7 Å². The molecule has 1 aromatic rings. The van der Waals surface area contributed by atoms with Crippen LogP contribution in [0, 0.1) is 12.3 Å². The van der Waals surface area contributed by atoms with E-state index in [2.05, 4.69) is 10.0 Å². The Hall–Kier alpha value is -2.58. The van der Waals surface area contributed by atoms with Gasteiger partial charge in [0.2, 0.25) is 15.9 Å². The van der Waals surface area contributed by atoms with E-state index in [-0.39, 0.29) is 43.1 Å². The Kier molecular flexibility index (Phi) is 12.1. The van der Waals surface area contributed by atoms with Crippen molar-refractivity contribution in [2.75, 3.05) is 20.9 Å². The molecule has 0 fully saturated rings. The van der Waals surface area contributed by atoms with Crippen LogP contribution in [0.3, 0.4) is 0 Å². The van der Waals surface area contributed by atoms with Crippen LogP contribution in [0.4, 0.5) is 0 Å². The molecule has 0 saturated heterocycles. The highest BCUT2D eigenvalue weighted by atomic mass is 32.2. The number of nitrogens with two attached hydrogens (primary N) is 1. The Morgan fingerprint density at radius 2 is 1.79 bits per heavy atom. The van der Waals surface area contributed by atoms with E-state index in [1.807, 2.05) is 6.92 Å². The van der Waals surface area contributed by atoms with Gasteiger partial charge in [0, 0.05) is 20.6 Å². The van der Waals surface area contributed by atoms with E-state index >= 15 is 0 Å². The number of hydrogen-bond acceptors (Lipinski definition) is 8. The minimum Gasteiger partial charge on any atom is -0.480 e. The zero-order chi connectivity index (χ0) is 25.9. The van der Waals surface area contributed by atoms with E-state index in [1.165, 1.54) is 26.4 Å². The van der Waals surface area contributed by atoms with Crippen LogP contribution < -0.4 is 15.8 Å². The van der Waals surface area contributed by atoms with E-state index in [0.29, 0.717) is 0 Å². The molecule has 0 spiro atoms. The number of sulfonamides is 1. The molecule has 0 aromatic heterocycles. The van der Waals surface area contributed by atoms with Gasteiger partial charge in [0.1, 0.15) is 6.04 Å². The molecule has 0 bridgehead atoms. The summed E-state index contributed by atoms with van der Waals surface area (Å²) in [5, 5.41) is 20.2. The minimum absolute atomic E-state index is 0.0236. The van der Waals surface area contributed by atoms with Crippen LogP contribution in [-0.2, 0) is 29.1 Å². The van der Waals surface area contributed by atoms with E-state index in [4.69, 9.17) is 20.6 Å². The zero-order valence-corrected chi connectivity index (χ0v) is 20.7. The van der Waals surface area contributed by atoms with Crippen LogP contribution in [0.2, 0.25) is 0 Å². The van der Waals surface area contributed by atoms with Crippen LogP contribution in [0.15, 0.2) is 29.2 Å². The number of carbonyl (C=O) groups is 2. The summed E-state index contributed by atoms with van der Waals surface area (Å²) in [5.41, 5.74) is 7.08. The average Bonchev–Trinajstić information content (AvgIpc) is 2.78. The molecule has 0 aliphatic carbocycles. The lowest BCUT2D eigenvalue weighted by Gasteiger charge is -2.34. The van der Waals surface area contributed by atoms with Crippen LogP contribution in [-0.4, -0.2) is 75.5 Å². The Balaban J connectivity index is 2.70. The number of hydrogen-bond donors (Lipinski definition) is 5. The molecule has 1 amide bonds. The van der Waals surface area contributed by atoms with Crippen LogP contribution >= 0.6 is 0 Å². The first-order valence-electron chi connectivity index (χ1n) is 10.7. The molecule has 0 heterocycles. The molecule has 1 aromatic carbocycles. The van der Waals surface area contributed by atoms with Crippen molar-refractivity contribution in [2.45, 2.75) is 62.9 Å². The van der Waals surface area contributed by atoms with Crippen molar-refractivity contribution < 1.29 is 32.6 Å². The predicted octanol–water partition coefficient (Wildman–Crippen LogP) is 0.563. The number of nitrogens with one attached hydrogen (secondary N) is 3. The second-order valence-corrected chi connectivity index (χ2v) is 9.33. The first kappa shape index (κ1) is 29.5. The Morgan fingerprint density at radius 1 is 1.21 bits per heavy atom. The molecule has 34 heavy (non-hydrogen) atoms. The Labute approximate surface area is 200 Å². The number of ether oxygens (including phenoxy) is 2. The molecule has 0 radical (unpaired) electrons. The van der Waals surface area contributed by atoms with Crippen molar-refractivity contribution in [1.82, 2.24) is 14.9 Å². The van der Waals surface area contributed by atoms with E-state index in [9.17, 15) is 23.1 Å². The van der Waals surface area contributed by atoms with Gasteiger partial charge in [-0.05, 0) is 31.9 Å². The van der Waals surface area contributed by atoms with E-state index in [1.54, 1.807) is 19.1 Å². The normalized spacial score (nSPS) is 13.4. The number of aliphatic carboxylic acids is 1. The smallest absolute Gasteiger partial charge is 0.326 e. The molecule has 192 valence electrons. The van der Waals surface area contributed by atoms with Crippen molar-refractivity contribution in [3.8, 4) is 0 Å². The minimum atomic E-state index is -3.75. The number of methoxy groups -OCH3 is 2. The second-order valence-electron chi connectivity index (χ2n) is 7.57. The highest BCUT2D eigenvalue weighted by Gasteiger charge is 2.33. The summed E-state index contributed by atoms with van der Waals surface area (Å²) < 4.78 is 37.0. The number of carboxylic acid groups (broad SMARTS) is 1. The number of nitrogens with zero attached hydrogens (tertiary/aromatic N) is 1. The van der Waals surface area contributed by atoms with Crippen molar-refractivity contribution in [3.63, 3.8) is 0 Å². The standard InChI is InChI=1S/C21H35N5O7S/c1-5-16(21(28)29)26(19(27)12-20(32-3)33-4)18(23)11-10-17(22)24-13-25-34(30,31)15-8-6-14(2)7-9-15/h6-9,16,18,20,25H,5,10-13,23H2,1-4H3,(H2,22,24)(H,28,29)/t16?,18-/m0/s1. The summed E-state index contributed by atoms with van der Waals surface area (Å²) in [6.07, 6.45) is -1.79. The maximum atomic E-state index is 12.8. The molecule has 1 unspecified atom stereocenters. The Bertz CT molecular complexity index is 920. The van der Waals surface area contributed by atoms with Gasteiger partial charge in [-0.15, -0.1) is 0 Å². The molecule has 1 rings (SSSR count). The van der Waals surface area contributed by atoms with Crippen LogP contribution in [0.25, 0.3) is 0 Å². The van der Waals surface area contributed by atoms with Gasteiger partial charge in [0.15, 0.2) is 6.29 Å². The lowest BCUT2D eigenvalue weighted by atomic mass is 10.1. The largest absolute Gasteiger partial charge is 0.480 e. The van der Waals surface area contributed by atoms with Gasteiger partial charge in [-0.3, -0.25) is 10.2 Å². The fourth-order valence-electron chi connectivity index (χ4n) is 3.15. The number of carboxylic acids is 1. The van der Waals surface area contributed by atoms with E-state index in [0.717, 1.165) is 10.5 Å². The number of benzene rings is 1. The predicted molar refractivity (Wildman–Crippen MR) is 125 cm³/mol. The third kappa shape index (κ3) is 8.99. The fourth-order valence-corrected chi connectivity index (χ4v) is 4.07. The lowest BCUT2D eigenvalue weighted by Crippen LogP contribution is -2.55. The van der Waals surface area contributed by atoms with Gasteiger partial charge in [0.05, 0.1) is 30.0 Å². The maximum absolute atomic E-state index is 12.8. The highest BCUT2D eigenvalue weighted by molar-refractivity contribution is 7.89. The SMILES string of the molecule is CCC(C(=O)O)N(C(=O)CC(OC)OC)[C@H](N)CCC(=N)NCNS(=O)(=O)c1ccc(C)cc1. The van der Waals surface area contributed by atoms with Crippen molar-refractivity contribution in [3.05, 3.63) is 29.8 Å². The first-order valence-corrected chi connectivity index (χ1v) is 12.2. The fraction of sp³-hybridized carbons (Fsp3) is 0.571. The monoisotopic (exact) mass is 501 g/mol. The molecule has 13 heteroatoms. The van der Waals surface area contributed by atoms with Gasteiger partial charge >= 0.3 is 5.97 Å². The Morgan fingerprint density at radius 3 is 2.29 bits per heavy atom. The summed E-state index contributed by atoms with van der Waals surface area (Å²) in [5.74, 6) is -1.78. The summed E-state index contributed by atoms with van der Waals surface area (Å²) in [7, 11) is -1.02. The number of amides is 1. The van der Waals surface area contributed by atoms with Gasteiger partial charge in [-0.25, -0.2) is 13.2 Å². The quantitative estimate of drug-likeness (QED) is 0.130. The summed E-state index contributed by atoms with van der Waals surface area (Å²) in [4.78, 5) is 25.6. The summed E-state index contributed by atoms with van der Waals surface area (Å²) >= 11 is 0. The van der Waals surface area contributed by atoms with Crippen molar-refractivity contribution in [1.29, 1.82) is 5.41 Å². The molecule has 0 aliphatic rings. The number of carbonyl (C=O) groups excluding carboxylic acids is 1. The number of amidine groups is 1. The van der Waals surface area contributed by atoms with Gasteiger partial charge in [-0.2, -0.15) is 4.72 Å². The number of aryl methyl sites for hydroxylation is 1.